The van der Waals surface area contributed by atoms with E-state index in [2.05, 4.69) is 0 Å². The maximum absolute atomic E-state index is 11.0. The van der Waals surface area contributed by atoms with Gasteiger partial charge in [0.15, 0.2) is 11.6 Å². The van der Waals surface area contributed by atoms with Crippen LogP contribution in [0.3, 0.4) is 0 Å². The predicted octanol–water partition coefficient (Wildman–Crippen LogP) is 0.782. The van der Waals surface area contributed by atoms with Crippen molar-refractivity contribution in [1.29, 1.82) is 0 Å². The van der Waals surface area contributed by atoms with Gasteiger partial charge >= 0.3 is 0 Å². The summed E-state index contributed by atoms with van der Waals surface area (Å²) in [4.78, 5) is 0. The Kier molecular flexibility index (Phi) is 4.05. The summed E-state index contributed by atoms with van der Waals surface area (Å²) in [6.45, 7) is 7.66. The third-order valence-corrected chi connectivity index (χ3v) is 4.39. The van der Waals surface area contributed by atoms with Crippen LogP contribution in [0.5, 0.6) is 0 Å². The molecule has 0 bridgehead atoms. The predicted molar refractivity (Wildman–Crippen MR) is 75.0 cm³/mol. The summed E-state index contributed by atoms with van der Waals surface area (Å²) in [6, 6.07) is 0. The average molecular weight is 318 g/mol. The van der Waals surface area contributed by atoms with Gasteiger partial charge in [-0.15, -0.1) is 0 Å². The van der Waals surface area contributed by atoms with Crippen molar-refractivity contribution in [3.63, 3.8) is 0 Å². The fourth-order valence-electron chi connectivity index (χ4n) is 3.49. The number of rotatable bonds is 3. The first-order chi connectivity index (χ1) is 10.2. The molecule has 1 saturated carbocycles. The van der Waals surface area contributed by atoms with Gasteiger partial charge in [-0.2, -0.15) is 0 Å². The summed E-state index contributed by atoms with van der Waals surface area (Å²) < 4.78 is 34.3. The van der Waals surface area contributed by atoms with Crippen LogP contribution in [0.2, 0.25) is 0 Å². The zero-order valence-electron chi connectivity index (χ0n) is 13.8. The standard InChI is InChI=1S/C15H26O7/c1-13(2)19-7-15(16)6-9(18-8-17-5)10-11(12(15)22-13)21-14(3,4)20-10/h9-12,16H,6-8H2,1-5H3/t9-,10-,11-,12+,15+/m1/s1. The maximum atomic E-state index is 11.0. The van der Waals surface area contributed by atoms with Crippen LogP contribution in [0.1, 0.15) is 34.1 Å². The molecule has 0 spiro atoms. The topological polar surface area (TPSA) is 75.6 Å². The molecule has 5 atom stereocenters. The van der Waals surface area contributed by atoms with E-state index in [1.165, 1.54) is 0 Å². The number of aliphatic hydroxyl groups is 1. The van der Waals surface area contributed by atoms with E-state index in [4.69, 9.17) is 28.4 Å². The smallest absolute Gasteiger partial charge is 0.164 e. The molecule has 0 radical (unpaired) electrons. The van der Waals surface area contributed by atoms with Crippen molar-refractivity contribution < 1.29 is 33.5 Å². The minimum Gasteiger partial charge on any atom is -0.385 e. The van der Waals surface area contributed by atoms with Gasteiger partial charge in [0.2, 0.25) is 0 Å². The van der Waals surface area contributed by atoms with Crippen molar-refractivity contribution >= 4 is 0 Å². The van der Waals surface area contributed by atoms with Crippen LogP contribution >= 0.6 is 0 Å². The summed E-state index contributed by atoms with van der Waals surface area (Å²) in [7, 11) is 1.56. The van der Waals surface area contributed by atoms with Gasteiger partial charge in [-0.1, -0.05) is 0 Å². The second-order valence-corrected chi connectivity index (χ2v) is 7.21. The molecule has 2 saturated heterocycles. The Morgan fingerprint density at radius 2 is 1.73 bits per heavy atom. The molecule has 2 heterocycles. The summed E-state index contributed by atoms with van der Waals surface area (Å²) in [5, 5.41) is 11.0. The number of methoxy groups -OCH3 is 1. The normalized spacial score (nSPS) is 46.1. The molecule has 1 aliphatic carbocycles. The quantitative estimate of drug-likeness (QED) is 0.771. The van der Waals surface area contributed by atoms with Gasteiger partial charge in [-0.3, -0.25) is 0 Å². The molecule has 7 heteroatoms. The molecular formula is C15H26O7. The van der Waals surface area contributed by atoms with Crippen LogP contribution in [0.4, 0.5) is 0 Å². The number of hydrogen-bond acceptors (Lipinski definition) is 7. The molecular weight excluding hydrogens is 292 g/mol. The largest absolute Gasteiger partial charge is 0.385 e. The second-order valence-electron chi connectivity index (χ2n) is 7.21. The average Bonchev–Trinajstić information content (AvgIpc) is 2.73. The lowest BCUT2D eigenvalue weighted by Gasteiger charge is -2.53. The van der Waals surface area contributed by atoms with Gasteiger partial charge in [0, 0.05) is 13.5 Å². The third kappa shape index (κ3) is 2.91. The molecule has 22 heavy (non-hydrogen) atoms. The first kappa shape index (κ1) is 16.6. The van der Waals surface area contributed by atoms with E-state index in [-0.39, 0.29) is 25.6 Å². The lowest BCUT2D eigenvalue weighted by atomic mass is 9.76. The molecule has 3 rings (SSSR count). The Morgan fingerprint density at radius 3 is 2.41 bits per heavy atom. The van der Waals surface area contributed by atoms with Gasteiger partial charge in [-0.25, -0.2) is 0 Å². The van der Waals surface area contributed by atoms with Crippen molar-refractivity contribution in [2.45, 2.75) is 75.7 Å². The Labute approximate surface area is 130 Å². The van der Waals surface area contributed by atoms with Gasteiger partial charge in [0.25, 0.3) is 0 Å². The third-order valence-electron chi connectivity index (χ3n) is 4.39. The SMILES string of the molecule is COCO[C@@H]1C[C@]2(O)COC(C)(C)O[C@H]2[C@@H]2OC(C)(C)O[C@@H]21. The van der Waals surface area contributed by atoms with Crippen LogP contribution in [0.25, 0.3) is 0 Å². The van der Waals surface area contributed by atoms with E-state index in [0.717, 1.165) is 0 Å². The first-order valence-electron chi connectivity index (χ1n) is 7.66. The molecule has 1 N–H and O–H groups in total. The summed E-state index contributed by atoms with van der Waals surface area (Å²) >= 11 is 0. The molecule has 7 nitrogen and oxygen atoms in total. The highest BCUT2D eigenvalue weighted by atomic mass is 16.8. The molecule has 128 valence electrons. The highest BCUT2D eigenvalue weighted by Gasteiger charge is 2.63. The van der Waals surface area contributed by atoms with Gasteiger partial charge in [0.1, 0.15) is 30.7 Å². The summed E-state index contributed by atoms with van der Waals surface area (Å²) in [5.41, 5.74) is -1.17. The van der Waals surface area contributed by atoms with E-state index in [1.54, 1.807) is 7.11 Å². The Balaban J connectivity index is 1.87. The van der Waals surface area contributed by atoms with Gasteiger partial charge < -0.3 is 33.5 Å². The lowest BCUT2D eigenvalue weighted by molar-refractivity contribution is -0.366. The summed E-state index contributed by atoms with van der Waals surface area (Å²) in [6.07, 6.45) is -1.26. The monoisotopic (exact) mass is 318 g/mol. The first-order valence-corrected chi connectivity index (χ1v) is 7.66. The van der Waals surface area contributed by atoms with Crippen molar-refractivity contribution in [1.82, 2.24) is 0 Å². The van der Waals surface area contributed by atoms with Crippen molar-refractivity contribution in [3.05, 3.63) is 0 Å². The van der Waals surface area contributed by atoms with Crippen LogP contribution in [-0.4, -0.2) is 67.2 Å². The van der Waals surface area contributed by atoms with Crippen LogP contribution in [0, 0.1) is 0 Å². The van der Waals surface area contributed by atoms with Crippen molar-refractivity contribution in [3.8, 4) is 0 Å². The molecule has 2 aliphatic heterocycles. The number of hydrogen-bond donors (Lipinski definition) is 1. The molecule has 0 unspecified atom stereocenters. The minimum absolute atomic E-state index is 0.131. The lowest BCUT2D eigenvalue weighted by Crippen LogP contribution is -2.69. The van der Waals surface area contributed by atoms with Gasteiger partial charge in [-0.05, 0) is 27.7 Å². The Hall–Kier alpha value is -0.280. The highest BCUT2D eigenvalue weighted by molar-refractivity contribution is 5.09. The molecule has 0 amide bonds. The molecule has 0 aromatic rings. The Morgan fingerprint density at radius 1 is 1.05 bits per heavy atom. The molecule has 3 fully saturated rings. The minimum atomic E-state index is -1.17. The number of ether oxygens (including phenoxy) is 6. The van der Waals surface area contributed by atoms with Crippen LogP contribution in [-0.2, 0) is 28.4 Å². The molecule has 0 aromatic carbocycles. The van der Waals surface area contributed by atoms with Crippen LogP contribution < -0.4 is 0 Å². The molecule has 3 aliphatic rings. The zero-order chi connectivity index (χ0) is 16.2. The van der Waals surface area contributed by atoms with E-state index >= 15 is 0 Å². The fourth-order valence-corrected chi connectivity index (χ4v) is 3.49. The summed E-state index contributed by atoms with van der Waals surface area (Å²) in [5.74, 6) is -1.52. The zero-order valence-corrected chi connectivity index (χ0v) is 13.8. The van der Waals surface area contributed by atoms with Gasteiger partial charge in [0.05, 0.1) is 12.7 Å². The fraction of sp³-hybridized carbons (Fsp3) is 1.00. The molecule has 0 aromatic heterocycles. The van der Waals surface area contributed by atoms with E-state index < -0.39 is 29.4 Å². The van der Waals surface area contributed by atoms with E-state index in [1.807, 2.05) is 27.7 Å². The van der Waals surface area contributed by atoms with Crippen molar-refractivity contribution in [2.75, 3.05) is 20.5 Å². The maximum Gasteiger partial charge on any atom is 0.164 e. The van der Waals surface area contributed by atoms with Crippen LogP contribution in [0.15, 0.2) is 0 Å². The Bertz CT molecular complexity index is 424. The second kappa shape index (κ2) is 5.37. The van der Waals surface area contributed by atoms with E-state index in [0.29, 0.717) is 6.42 Å². The van der Waals surface area contributed by atoms with Crippen molar-refractivity contribution in [2.24, 2.45) is 0 Å². The van der Waals surface area contributed by atoms with E-state index in [9.17, 15) is 5.11 Å². The number of fused-ring (bicyclic) bond motifs is 3. The highest BCUT2D eigenvalue weighted by Crippen LogP contribution is 2.46.